The Morgan fingerprint density at radius 3 is 2.36 bits per heavy atom. The summed E-state index contributed by atoms with van der Waals surface area (Å²) in [6.45, 7) is 9.90. The van der Waals surface area contributed by atoms with Gasteiger partial charge in [-0.1, -0.05) is 39.0 Å². The molecule has 0 saturated heterocycles. The van der Waals surface area contributed by atoms with Crippen LogP contribution in [0.1, 0.15) is 66.1 Å². The number of aryl methyl sites for hydroxylation is 1. The van der Waals surface area contributed by atoms with Crippen molar-refractivity contribution in [2.45, 2.75) is 82.0 Å². The molecule has 2 aliphatic carbocycles. The molecule has 2 saturated carbocycles. The number of aromatic nitrogens is 4. The Hall–Kier alpha value is -2.16. The molecule has 180 valence electrons. The number of amides is 1. The highest BCUT2D eigenvalue weighted by atomic mass is 32.2. The highest BCUT2D eigenvalue weighted by Crippen LogP contribution is 2.49. The van der Waals surface area contributed by atoms with E-state index < -0.39 is 16.5 Å². The maximum atomic E-state index is 13.1. The molecular formula is C24H35N5O3S. The summed E-state index contributed by atoms with van der Waals surface area (Å²) in [6, 6.07) is 0.136. The Kier molecular flexibility index (Phi) is 6.22. The summed E-state index contributed by atoms with van der Waals surface area (Å²) in [4.78, 5) is 47.9. The minimum atomic E-state index is -0.445. The van der Waals surface area contributed by atoms with Gasteiger partial charge >= 0.3 is 5.69 Å². The van der Waals surface area contributed by atoms with E-state index in [9.17, 15) is 14.4 Å². The van der Waals surface area contributed by atoms with Crippen LogP contribution in [-0.4, -0.2) is 36.3 Å². The fourth-order valence-corrected chi connectivity index (χ4v) is 6.37. The Morgan fingerprint density at radius 1 is 1.09 bits per heavy atom. The number of fused-ring (bicyclic) bond motifs is 3. The van der Waals surface area contributed by atoms with Crippen LogP contribution in [0.25, 0.3) is 11.0 Å². The summed E-state index contributed by atoms with van der Waals surface area (Å²) >= 11 is 1.26. The molecule has 2 aromatic rings. The summed E-state index contributed by atoms with van der Waals surface area (Å²) in [6.07, 6.45) is 5.13. The quantitative estimate of drug-likeness (QED) is 0.530. The average molecular weight is 474 g/mol. The molecule has 2 fully saturated rings. The lowest BCUT2D eigenvalue weighted by Crippen LogP contribution is -2.43. The average Bonchev–Trinajstić information content (AvgIpc) is 3.38. The largest absolute Gasteiger partial charge is 0.352 e. The van der Waals surface area contributed by atoms with Gasteiger partial charge in [0.2, 0.25) is 5.91 Å². The van der Waals surface area contributed by atoms with Gasteiger partial charge in [0, 0.05) is 25.6 Å². The molecule has 2 heterocycles. The Morgan fingerprint density at radius 2 is 1.79 bits per heavy atom. The molecule has 0 aromatic carbocycles. The number of rotatable bonds is 5. The topological polar surface area (TPSA) is 98.9 Å². The summed E-state index contributed by atoms with van der Waals surface area (Å²) in [7, 11) is 3.05. The fourth-order valence-electron chi connectivity index (χ4n) is 5.43. The maximum Gasteiger partial charge on any atom is 0.332 e. The summed E-state index contributed by atoms with van der Waals surface area (Å²) in [5.41, 5.74) is -0.970. The van der Waals surface area contributed by atoms with Gasteiger partial charge in [-0.15, -0.1) is 0 Å². The number of nitrogens with one attached hydrogen (secondary N) is 1. The molecule has 0 unspecified atom stereocenters. The molecular weight excluding hydrogens is 438 g/mol. The number of hydrogen-bond acceptors (Lipinski definition) is 6. The van der Waals surface area contributed by atoms with E-state index in [2.05, 4.69) is 17.2 Å². The van der Waals surface area contributed by atoms with Gasteiger partial charge in [0.1, 0.15) is 16.2 Å². The SMILES string of the molecule is C[C@H](Sc1nc(C(C)(C)C)nc2c1c(=O)n(C)c(=O)n2C)C(=O)N[C@H](C)[C@@H]1C[C@H]2CC[C@H]1C2. The molecule has 0 radical (unpaired) electrons. The molecule has 4 rings (SSSR count). The fraction of sp³-hybridized carbons (Fsp3) is 0.708. The standard InChI is InChI=1S/C24H35N5O3S/c1-12(16-11-14-8-9-15(16)10-14)25-19(30)13(2)33-20-17-18(26-22(27-20)24(3,4)5)28(6)23(32)29(7)21(17)31/h12-16H,8-11H2,1-7H3,(H,25,30)/t12-,13+,14+,15+,16+/m1/s1. The third-order valence-corrected chi connectivity index (χ3v) is 8.49. The van der Waals surface area contributed by atoms with Gasteiger partial charge in [-0.3, -0.25) is 18.7 Å². The van der Waals surface area contributed by atoms with Crippen LogP contribution in [0.2, 0.25) is 0 Å². The van der Waals surface area contributed by atoms with E-state index >= 15 is 0 Å². The normalized spacial score (nSPS) is 24.3. The van der Waals surface area contributed by atoms with Crippen LogP contribution in [0.3, 0.4) is 0 Å². The van der Waals surface area contributed by atoms with Gasteiger partial charge in [-0.05, 0) is 50.9 Å². The smallest absolute Gasteiger partial charge is 0.332 e. The lowest BCUT2D eigenvalue weighted by molar-refractivity contribution is -0.121. The van der Waals surface area contributed by atoms with Crippen molar-refractivity contribution in [2.24, 2.45) is 31.8 Å². The lowest BCUT2D eigenvalue weighted by Gasteiger charge is -2.29. The van der Waals surface area contributed by atoms with Crippen molar-refractivity contribution in [3.8, 4) is 0 Å². The second-order valence-electron chi connectivity index (χ2n) is 10.9. The van der Waals surface area contributed by atoms with E-state index in [1.165, 1.54) is 49.1 Å². The van der Waals surface area contributed by atoms with Crippen molar-refractivity contribution in [1.82, 2.24) is 24.4 Å². The predicted octanol–water partition coefficient (Wildman–Crippen LogP) is 2.75. The predicted molar refractivity (Wildman–Crippen MR) is 131 cm³/mol. The monoisotopic (exact) mass is 473 g/mol. The zero-order valence-electron chi connectivity index (χ0n) is 20.6. The van der Waals surface area contributed by atoms with Crippen molar-refractivity contribution in [2.75, 3.05) is 0 Å². The minimum Gasteiger partial charge on any atom is -0.352 e. The first-order chi connectivity index (χ1) is 15.4. The van der Waals surface area contributed by atoms with Crippen LogP contribution in [0.15, 0.2) is 14.6 Å². The first kappa shape index (κ1) is 24.0. The van der Waals surface area contributed by atoms with Crippen LogP contribution < -0.4 is 16.6 Å². The van der Waals surface area contributed by atoms with E-state index in [1.54, 1.807) is 7.05 Å². The van der Waals surface area contributed by atoms with E-state index in [-0.39, 0.29) is 22.8 Å². The summed E-state index contributed by atoms with van der Waals surface area (Å²) in [5.74, 6) is 2.60. The van der Waals surface area contributed by atoms with Crippen LogP contribution in [-0.2, 0) is 24.3 Å². The first-order valence-electron chi connectivity index (χ1n) is 11.8. The molecule has 2 aliphatic rings. The summed E-state index contributed by atoms with van der Waals surface area (Å²) < 4.78 is 2.44. The van der Waals surface area contributed by atoms with Crippen molar-refractivity contribution in [1.29, 1.82) is 0 Å². The van der Waals surface area contributed by atoms with Gasteiger partial charge in [0.25, 0.3) is 5.56 Å². The zero-order valence-corrected chi connectivity index (χ0v) is 21.5. The maximum absolute atomic E-state index is 13.1. The number of hydrogen-bond donors (Lipinski definition) is 1. The van der Waals surface area contributed by atoms with Gasteiger partial charge in [0.05, 0.1) is 5.25 Å². The second-order valence-corrected chi connectivity index (χ2v) is 12.2. The second kappa shape index (κ2) is 8.56. The Bertz CT molecular complexity index is 1210. The molecule has 2 bridgehead atoms. The van der Waals surface area contributed by atoms with Crippen LogP contribution in [0.4, 0.5) is 0 Å². The van der Waals surface area contributed by atoms with E-state index in [4.69, 9.17) is 4.98 Å². The molecule has 0 aliphatic heterocycles. The van der Waals surface area contributed by atoms with Crippen molar-refractivity contribution >= 4 is 28.7 Å². The Balaban J connectivity index is 1.65. The molecule has 1 N–H and O–H groups in total. The van der Waals surface area contributed by atoms with Crippen LogP contribution >= 0.6 is 11.8 Å². The molecule has 1 amide bonds. The minimum absolute atomic E-state index is 0.0546. The third kappa shape index (κ3) is 4.36. The van der Waals surface area contributed by atoms with Crippen LogP contribution in [0, 0.1) is 17.8 Å². The molecule has 2 aromatic heterocycles. The number of thioether (sulfide) groups is 1. The van der Waals surface area contributed by atoms with Crippen molar-refractivity contribution < 1.29 is 4.79 Å². The number of nitrogens with zero attached hydrogens (tertiary/aromatic N) is 4. The van der Waals surface area contributed by atoms with E-state index in [0.717, 1.165) is 16.4 Å². The molecule has 33 heavy (non-hydrogen) atoms. The molecule has 0 spiro atoms. The molecule has 9 heteroatoms. The molecule has 5 atom stereocenters. The van der Waals surface area contributed by atoms with Gasteiger partial charge in [-0.25, -0.2) is 14.8 Å². The number of carbonyl (C=O) groups is 1. The van der Waals surface area contributed by atoms with E-state index in [1.807, 2.05) is 27.7 Å². The van der Waals surface area contributed by atoms with Gasteiger partial charge in [0.15, 0.2) is 5.65 Å². The highest BCUT2D eigenvalue weighted by Gasteiger charge is 2.42. The van der Waals surface area contributed by atoms with Gasteiger partial charge < -0.3 is 5.32 Å². The van der Waals surface area contributed by atoms with Crippen molar-refractivity contribution in [3.63, 3.8) is 0 Å². The van der Waals surface area contributed by atoms with Crippen molar-refractivity contribution in [3.05, 3.63) is 26.7 Å². The Labute approximate surface area is 198 Å². The first-order valence-corrected chi connectivity index (χ1v) is 12.7. The van der Waals surface area contributed by atoms with Gasteiger partial charge in [-0.2, -0.15) is 0 Å². The zero-order chi connectivity index (χ0) is 24.2. The van der Waals surface area contributed by atoms with E-state index in [0.29, 0.717) is 22.4 Å². The summed E-state index contributed by atoms with van der Waals surface area (Å²) in [5, 5.41) is 3.50. The highest BCUT2D eigenvalue weighted by molar-refractivity contribution is 8.00. The molecule has 8 nitrogen and oxygen atoms in total. The third-order valence-electron chi connectivity index (χ3n) is 7.40. The van der Waals surface area contributed by atoms with Crippen LogP contribution in [0.5, 0.6) is 0 Å². The lowest BCUT2D eigenvalue weighted by atomic mass is 9.84. The number of carbonyl (C=O) groups excluding carboxylic acids is 1.